The maximum atomic E-state index is 12.2. The first-order valence-electron chi connectivity index (χ1n) is 10.3. The number of amides is 2. The third-order valence-electron chi connectivity index (χ3n) is 5.40. The molecule has 0 aromatic heterocycles. The van der Waals surface area contributed by atoms with Gasteiger partial charge in [-0.15, -0.1) is 0 Å². The number of hydrogen-bond acceptors (Lipinski definition) is 5. The van der Waals surface area contributed by atoms with E-state index < -0.39 is 10.0 Å². The fourth-order valence-electron chi connectivity index (χ4n) is 3.57. The molecule has 168 valence electrons. The van der Waals surface area contributed by atoms with Crippen molar-refractivity contribution in [3.63, 3.8) is 0 Å². The molecular formula is C22H30N4O4S. The third kappa shape index (κ3) is 6.86. The largest absolute Gasteiger partial charge is 0.497 e. The molecule has 0 aliphatic carbocycles. The zero-order chi connectivity index (χ0) is 22.3. The van der Waals surface area contributed by atoms with Crippen LogP contribution in [0.5, 0.6) is 5.75 Å². The first-order valence-corrected chi connectivity index (χ1v) is 11.9. The normalized spacial score (nSPS) is 16.2. The van der Waals surface area contributed by atoms with Crippen LogP contribution in [0.2, 0.25) is 0 Å². The van der Waals surface area contributed by atoms with Crippen LogP contribution in [0.4, 0.5) is 10.5 Å². The Kier molecular flexibility index (Phi) is 7.75. The van der Waals surface area contributed by atoms with Crippen LogP contribution in [0.25, 0.3) is 0 Å². The Balaban J connectivity index is 1.39. The lowest BCUT2D eigenvalue weighted by molar-refractivity contribution is 0.239. The minimum Gasteiger partial charge on any atom is -0.497 e. The number of urea groups is 1. The molecule has 3 N–H and O–H groups in total. The van der Waals surface area contributed by atoms with Gasteiger partial charge in [-0.1, -0.05) is 30.3 Å². The second-order valence-electron chi connectivity index (χ2n) is 7.65. The first kappa shape index (κ1) is 22.9. The van der Waals surface area contributed by atoms with Crippen molar-refractivity contribution in [2.24, 2.45) is 5.92 Å². The number of anilines is 1. The van der Waals surface area contributed by atoms with E-state index in [1.165, 1.54) is 7.05 Å². The van der Waals surface area contributed by atoms with E-state index in [1.807, 2.05) is 30.3 Å². The van der Waals surface area contributed by atoms with Crippen molar-refractivity contribution in [2.45, 2.75) is 18.7 Å². The second kappa shape index (κ2) is 10.5. The molecule has 1 saturated heterocycles. The Labute approximate surface area is 184 Å². The number of nitrogens with zero attached hydrogens (tertiary/aromatic N) is 1. The standard InChI is InChI=1S/C22H30N4O4S/c1-23-31(28,29)16-18-8-6-17(7-9-18)13-24-22(27)25-14-19-10-11-26(15-19)20-4-3-5-21(12-20)30-2/h3-9,12,19,23H,10-11,13-16H2,1-2H3,(H2,24,25,27). The van der Waals surface area contributed by atoms with E-state index in [4.69, 9.17) is 4.74 Å². The number of sulfonamides is 1. The van der Waals surface area contributed by atoms with Gasteiger partial charge in [0.1, 0.15) is 5.75 Å². The van der Waals surface area contributed by atoms with Crippen LogP contribution in [0.15, 0.2) is 48.5 Å². The molecule has 1 fully saturated rings. The molecule has 0 bridgehead atoms. The van der Waals surface area contributed by atoms with E-state index in [0.717, 1.165) is 36.5 Å². The quantitative estimate of drug-likeness (QED) is 0.548. The molecule has 1 heterocycles. The highest BCUT2D eigenvalue weighted by atomic mass is 32.2. The van der Waals surface area contributed by atoms with E-state index in [1.54, 1.807) is 19.2 Å². The van der Waals surface area contributed by atoms with Crippen molar-refractivity contribution in [3.05, 3.63) is 59.7 Å². The molecule has 2 amide bonds. The molecule has 0 spiro atoms. The number of hydrogen-bond donors (Lipinski definition) is 3. The molecule has 3 rings (SSSR count). The number of rotatable bonds is 9. The maximum absolute atomic E-state index is 12.2. The zero-order valence-electron chi connectivity index (χ0n) is 17.9. The first-order chi connectivity index (χ1) is 14.9. The summed E-state index contributed by atoms with van der Waals surface area (Å²) in [6.45, 7) is 2.85. The summed E-state index contributed by atoms with van der Waals surface area (Å²) >= 11 is 0. The molecule has 8 nitrogen and oxygen atoms in total. The summed E-state index contributed by atoms with van der Waals surface area (Å²) in [5.74, 6) is 1.17. The number of methoxy groups -OCH3 is 1. The summed E-state index contributed by atoms with van der Waals surface area (Å²) in [7, 11) is -0.231. The van der Waals surface area contributed by atoms with Crippen molar-refractivity contribution in [1.29, 1.82) is 0 Å². The molecular weight excluding hydrogens is 416 g/mol. The second-order valence-corrected chi connectivity index (χ2v) is 9.57. The Bertz CT molecular complexity index is 979. The number of carbonyl (C=O) groups is 1. The lowest BCUT2D eigenvalue weighted by atomic mass is 10.1. The van der Waals surface area contributed by atoms with Gasteiger partial charge in [0, 0.05) is 37.9 Å². The van der Waals surface area contributed by atoms with Crippen molar-refractivity contribution < 1.29 is 17.9 Å². The molecule has 9 heteroatoms. The lowest BCUT2D eigenvalue weighted by Gasteiger charge is -2.19. The van der Waals surface area contributed by atoms with Gasteiger partial charge in [0.2, 0.25) is 10.0 Å². The van der Waals surface area contributed by atoms with Gasteiger partial charge < -0.3 is 20.3 Å². The van der Waals surface area contributed by atoms with E-state index in [0.29, 0.717) is 24.6 Å². The summed E-state index contributed by atoms with van der Waals surface area (Å²) in [6, 6.07) is 15.0. The average Bonchev–Trinajstić information content (AvgIpc) is 3.26. The topological polar surface area (TPSA) is 99.8 Å². The number of carbonyl (C=O) groups excluding carboxylic acids is 1. The van der Waals surface area contributed by atoms with Crippen LogP contribution in [0, 0.1) is 5.92 Å². The predicted molar refractivity (Wildman–Crippen MR) is 122 cm³/mol. The van der Waals surface area contributed by atoms with Gasteiger partial charge in [-0.2, -0.15) is 0 Å². The van der Waals surface area contributed by atoms with Gasteiger partial charge >= 0.3 is 6.03 Å². The van der Waals surface area contributed by atoms with Crippen molar-refractivity contribution in [1.82, 2.24) is 15.4 Å². The summed E-state index contributed by atoms with van der Waals surface area (Å²) in [5.41, 5.74) is 2.74. The SMILES string of the molecule is CNS(=O)(=O)Cc1ccc(CNC(=O)NCC2CCN(c3cccc(OC)c3)C2)cc1. The van der Waals surface area contributed by atoms with E-state index >= 15 is 0 Å². The summed E-state index contributed by atoms with van der Waals surface area (Å²) in [6.07, 6.45) is 1.02. The molecule has 1 aliphatic heterocycles. The highest BCUT2D eigenvalue weighted by Gasteiger charge is 2.23. The Morgan fingerprint density at radius 3 is 2.58 bits per heavy atom. The average molecular weight is 447 g/mol. The fourth-order valence-corrected chi connectivity index (χ4v) is 4.34. The summed E-state index contributed by atoms with van der Waals surface area (Å²) < 4.78 is 30.8. The molecule has 31 heavy (non-hydrogen) atoms. The van der Waals surface area contributed by atoms with Crippen molar-refractivity contribution >= 4 is 21.7 Å². The van der Waals surface area contributed by atoms with Gasteiger partial charge in [-0.3, -0.25) is 0 Å². The Hall–Kier alpha value is -2.78. The molecule has 1 aliphatic rings. The van der Waals surface area contributed by atoms with Gasteiger partial charge in [0.25, 0.3) is 0 Å². The van der Waals surface area contributed by atoms with Gasteiger partial charge in [-0.25, -0.2) is 17.9 Å². The molecule has 0 saturated carbocycles. The van der Waals surface area contributed by atoms with Crippen molar-refractivity contribution in [2.75, 3.05) is 38.7 Å². The number of nitrogens with one attached hydrogen (secondary N) is 3. The third-order valence-corrected chi connectivity index (χ3v) is 6.73. The van der Waals surface area contributed by atoms with Gasteiger partial charge in [0.05, 0.1) is 12.9 Å². The van der Waals surface area contributed by atoms with Crippen LogP contribution in [-0.2, 0) is 22.3 Å². The molecule has 2 aromatic rings. The number of ether oxygens (including phenoxy) is 1. The smallest absolute Gasteiger partial charge is 0.315 e. The van der Waals surface area contributed by atoms with Crippen LogP contribution >= 0.6 is 0 Å². The fraction of sp³-hybridized carbons (Fsp3) is 0.409. The lowest BCUT2D eigenvalue weighted by Crippen LogP contribution is -2.38. The van der Waals surface area contributed by atoms with Crippen LogP contribution in [-0.4, -0.2) is 48.2 Å². The van der Waals surface area contributed by atoms with Gasteiger partial charge in [0.15, 0.2) is 0 Å². The van der Waals surface area contributed by atoms with Crippen molar-refractivity contribution in [3.8, 4) is 5.75 Å². The molecule has 1 atom stereocenters. The van der Waals surface area contributed by atoms with Gasteiger partial charge in [-0.05, 0) is 42.6 Å². The summed E-state index contributed by atoms with van der Waals surface area (Å²) in [4.78, 5) is 14.5. The zero-order valence-corrected chi connectivity index (χ0v) is 18.7. The maximum Gasteiger partial charge on any atom is 0.315 e. The van der Waals surface area contributed by atoms with E-state index in [-0.39, 0.29) is 11.8 Å². The van der Waals surface area contributed by atoms with E-state index in [9.17, 15) is 13.2 Å². The minimum atomic E-state index is -3.29. The highest BCUT2D eigenvalue weighted by Crippen LogP contribution is 2.26. The minimum absolute atomic E-state index is 0.0636. The summed E-state index contributed by atoms with van der Waals surface area (Å²) in [5, 5.41) is 5.80. The Morgan fingerprint density at radius 2 is 1.87 bits per heavy atom. The van der Waals surface area contributed by atoms with E-state index in [2.05, 4.69) is 26.3 Å². The molecule has 0 radical (unpaired) electrons. The Morgan fingerprint density at radius 1 is 1.13 bits per heavy atom. The molecule has 1 unspecified atom stereocenters. The van der Waals surface area contributed by atoms with Crippen LogP contribution < -0.4 is 25.0 Å². The van der Waals surface area contributed by atoms with Crippen LogP contribution in [0.3, 0.4) is 0 Å². The predicted octanol–water partition coefficient (Wildman–Crippen LogP) is 2.07. The highest BCUT2D eigenvalue weighted by molar-refractivity contribution is 7.88. The van der Waals surface area contributed by atoms with Crippen LogP contribution in [0.1, 0.15) is 17.5 Å². The number of benzene rings is 2. The monoisotopic (exact) mass is 446 g/mol. The molecule has 2 aromatic carbocycles.